The van der Waals surface area contributed by atoms with E-state index in [0.717, 1.165) is 12.5 Å². The first-order chi connectivity index (χ1) is 14.4. The van der Waals surface area contributed by atoms with Crippen LogP contribution >= 0.6 is 0 Å². The number of hydrogen-bond donors (Lipinski definition) is 2. The molecule has 0 bridgehead atoms. The van der Waals surface area contributed by atoms with Gasteiger partial charge in [0.05, 0.1) is 29.4 Å². The van der Waals surface area contributed by atoms with E-state index in [1.807, 2.05) is 18.9 Å². The zero-order valence-corrected chi connectivity index (χ0v) is 16.8. The summed E-state index contributed by atoms with van der Waals surface area (Å²) in [5, 5.41) is 21.6. The van der Waals surface area contributed by atoms with Crippen LogP contribution < -0.4 is 20.4 Å². The van der Waals surface area contributed by atoms with Crippen LogP contribution in [-0.4, -0.2) is 48.4 Å². The molecular weight excluding hydrogens is 391 g/mol. The van der Waals surface area contributed by atoms with Gasteiger partial charge in [0.15, 0.2) is 11.6 Å². The summed E-state index contributed by atoms with van der Waals surface area (Å²) < 4.78 is 22.9. The zero-order valence-electron chi connectivity index (χ0n) is 16.8. The number of anilines is 1. The normalized spacial score (nSPS) is 21.3. The molecular formula is C21H23FN4O4. The molecule has 0 unspecified atom stereocenters. The minimum Gasteiger partial charge on any atom is -0.487 e. The van der Waals surface area contributed by atoms with Gasteiger partial charge in [0.2, 0.25) is 5.43 Å². The van der Waals surface area contributed by atoms with Gasteiger partial charge < -0.3 is 24.6 Å². The quantitative estimate of drug-likeness (QED) is 0.772. The average Bonchev–Trinajstić information content (AvgIpc) is 3.19. The van der Waals surface area contributed by atoms with Crippen LogP contribution in [0.15, 0.2) is 17.1 Å². The third-order valence-corrected chi connectivity index (χ3v) is 6.16. The number of carbonyl (C=O) groups is 1. The lowest BCUT2D eigenvalue weighted by atomic mass is 9.97. The Morgan fingerprint density at radius 3 is 2.97 bits per heavy atom. The van der Waals surface area contributed by atoms with Crippen LogP contribution in [0, 0.1) is 23.1 Å². The van der Waals surface area contributed by atoms with Crippen molar-refractivity contribution in [2.24, 2.45) is 5.92 Å². The summed E-state index contributed by atoms with van der Waals surface area (Å²) in [4.78, 5) is 26.1. The molecule has 1 aromatic heterocycles. The Balaban J connectivity index is 1.85. The van der Waals surface area contributed by atoms with E-state index < -0.39 is 17.2 Å². The van der Waals surface area contributed by atoms with Gasteiger partial charge in [0.1, 0.15) is 17.9 Å². The Bertz CT molecular complexity index is 1120. The lowest BCUT2D eigenvalue weighted by Gasteiger charge is -2.31. The number of nitrogens with zero attached hydrogens (tertiary/aromatic N) is 3. The molecule has 2 aliphatic rings. The van der Waals surface area contributed by atoms with E-state index in [0.29, 0.717) is 30.7 Å². The monoisotopic (exact) mass is 414 g/mol. The van der Waals surface area contributed by atoms with Crippen molar-refractivity contribution in [1.82, 2.24) is 9.88 Å². The second-order valence-electron chi connectivity index (χ2n) is 7.93. The molecule has 0 radical (unpaired) electrons. The maximum Gasteiger partial charge on any atom is 0.341 e. The van der Waals surface area contributed by atoms with Crippen molar-refractivity contribution >= 4 is 22.6 Å². The molecule has 8 nitrogen and oxygen atoms in total. The first-order valence-electron chi connectivity index (χ1n) is 9.94. The topological polar surface area (TPSA) is 108 Å². The fraction of sp³-hybridized carbons (Fsp3) is 0.476. The lowest BCUT2D eigenvalue weighted by molar-refractivity contribution is 0.0694. The average molecular weight is 414 g/mol. The van der Waals surface area contributed by atoms with Crippen molar-refractivity contribution in [3.8, 4) is 11.8 Å². The van der Waals surface area contributed by atoms with Gasteiger partial charge in [-0.15, -0.1) is 0 Å². The highest BCUT2D eigenvalue weighted by atomic mass is 19.1. The molecule has 1 fully saturated rings. The number of aromatic carboxylic acids is 1. The number of rotatable bonds is 5. The Kier molecular flexibility index (Phi) is 5.12. The van der Waals surface area contributed by atoms with E-state index in [1.54, 1.807) is 4.57 Å². The van der Waals surface area contributed by atoms with Crippen LogP contribution in [0.4, 0.5) is 10.1 Å². The number of carboxylic acid groups (broad SMARTS) is 1. The summed E-state index contributed by atoms with van der Waals surface area (Å²) in [5.41, 5.74) is -0.392. The molecule has 0 saturated carbocycles. The van der Waals surface area contributed by atoms with Gasteiger partial charge >= 0.3 is 5.97 Å². The van der Waals surface area contributed by atoms with Crippen molar-refractivity contribution in [1.29, 1.82) is 5.26 Å². The molecule has 1 saturated heterocycles. The fourth-order valence-electron chi connectivity index (χ4n) is 4.58. The number of pyridine rings is 1. The molecule has 1 aromatic carbocycles. The molecule has 30 heavy (non-hydrogen) atoms. The van der Waals surface area contributed by atoms with E-state index >= 15 is 4.39 Å². The highest BCUT2D eigenvalue weighted by molar-refractivity contribution is 5.97. The molecule has 0 aliphatic carbocycles. The summed E-state index contributed by atoms with van der Waals surface area (Å²) in [5.74, 6) is -1.50. The molecule has 2 aromatic rings. The SMILES string of the molecule is CN[C@@H](CC#N)[C@H]1CCN(c2c(F)cc3c(=O)c(C(=O)O)cn4c3c2OC[C@H]4C)C1. The van der Waals surface area contributed by atoms with Crippen LogP contribution in [0.5, 0.6) is 5.75 Å². The number of hydrogen-bond acceptors (Lipinski definition) is 6. The molecule has 0 amide bonds. The minimum absolute atomic E-state index is 0.00558. The summed E-state index contributed by atoms with van der Waals surface area (Å²) in [6.07, 6.45) is 2.49. The number of ether oxygens (including phenoxy) is 1. The molecule has 158 valence electrons. The standard InChI is InChI=1S/C21H23FN4O4/c1-11-10-30-20-17-13(19(27)14(21(28)29)9-26(11)17)7-15(22)18(20)25-6-4-12(8-25)16(24-2)3-5-23/h7,9,11-12,16,24H,3-4,6,8,10H2,1-2H3,(H,28,29)/t11-,12+,16+/m1/s1. The lowest BCUT2D eigenvalue weighted by Crippen LogP contribution is -2.35. The molecule has 2 N–H and O–H groups in total. The maximum absolute atomic E-state index is 15.3. The van der Waals surface area contributed by atoms with Crippen molar-refractivity contribution in [2.45, 2.75) is 31.8 Å². The molecule has 4 rings (SSSR count). The van der Waals surface area contributed by atoms with Crippen molar-refractivity contribution in [3.05, 3.63) is 33.9 Å². The maximum atomic E-state index is 15.3. The van der Waals surface area contributed by atoms with Gasteiger partial charge in [-0.05, 0) is 32.4 Å². The summed E-state index contributed by atoms with van der Waals surface area (Å²) in [6, 6.07) is 3.12. The van der Waals surface area contributed by atoms with E-state index in [1.165, 1.54) is 6.20 Å². The second kappa shape index (κ2) is 7.61. The van der Waals surface area contributed by atoms with E-state index in [-0.39, 0.29) is 41.3 Å². The smallest absolute Gasteiger partial charge is 0.341 e. The Morgan fingerprint density at radius 1 is 1.53 bits per heavy atom. The number of halogens is 1. The Morgan fingerprint density at radius 2 is 2.30 bits per heavy atom. The Hall–Kier alpha value is -3.12. The predicted octanol–water partition coefficient (Wildman–Crippen LogP) is 2.12. The van der Waals surface area contributed by atoms with Crippen LogP contribution in [0.3, 0.4) is 0 Å². The minimum atomic E-state index is -1.34. The molecule has 9 heteroatoms. The summed E-state index contributed by atoms with van der Waals surface area (Å²) in [6.45, 7) is 3.25. The van der Waals surface area contributed by atoms with Crippen molar-refractivity contribution < 1.29 is 19.0 Å². The number of benzene rings is 1. The van der Waals surface area contributed by atoms with Crippen LogP contribution in [0.25, 0.3) is 10.9 Å². The third-order valence-electron chi connectivity index (χ3n) is 6.16. The predicted molar refractivity (Wildman–Crippen MR) is 109 cm³/mol. The summed E-state index contributed by atoms with van der Waals surface area (Å²) in [7, 11) is 1.81. The molecule has 3 heterocycles. The van der Waals surface area contributed by atoms with Crippen LogP contribution in [0.2, 0.25) is 0 Å². The van der Waals surface area contributed by atoms with E-state index in [9.17, 15) is 14.7 Å². The van der Waals surface area contributed by atoms with Gasteiger partial charge in [0, 0.05) is 25.3 Å². The van der Waals surface area contributed by atoms with Gasteiger partial charge in [-0.3, -0.25) is 4.79 Å². The number of carboxylic acids is 1. The highest BCUT2D eigenvalue weighted by Crippen LogP contribution is 2.43. The Labute approximate surface area is 172 Å². The third kappa shape index (κ3) is 3.08. The van der Waals surface area contributed by atoms with Gasteiger partial charge in [-0.25, -0.2) is 9.18 Å². The van der Waals surface area contributed by atoms with Gasteiger partial charge in [-0.2, -0.15) is 5.26 Å². The molecule has 2 aliphatic heterocycles. The fourth-order valence-corrected chi connectivity index (χ4v) is 4.58. The van der Waals surface area contributed by atoms with Crippen molar-refractivity contribution in [3.63, 3.8) is 0 Å². The molecule has 3 atom stereocenters. The highest BCUT2D eigenvalue weighted by Gasteiger charge is 2.35. The first-order valence-corrected chi connectivity index (χ1v) is 9.94. The number of aromatic nitrogens is 1. The number of nitrogens with one attached hydrogen (secondary N) is 1. The largest absolute Gasteiger partial charge is 0.487 e. The zero-order chi connectivity index (χ0) is 21.6. The van der Waals surface area contributed by atoms with Gasteiger partial charge in [0.25, 0.3) is 0 Å². The van der Waals surface area contributed by atoms with Crippen molar-refractivity contribution in [2.75, 3.05) is 31.6 Å². The number of nitriles is 1. The van der Waals surface area contributed by atoms with Crippen LogP contribution in [0.1, 0.15) is 36.2 Å². The van der Waals surface area contributed by atoms with E-state index in [4.69, 9.17) is 10.00 Å². The van der Waals surface area contributed by atoms with Crippen LogP contribution in [-0.2, 0) is 0 Å². The van der Waals surface area contributed by atoms with E-state index in [2.05, 4.69) is 11.4 Å². The molecule has 0 spiro atoms. The van der Waals surface area contributed by atoms with Gasteiger partial charge in [-0.1, -0.05) is 0 Å². The second-order valence-corrected chi connectivity index (χ2v) is 7.93. The first kappa shape index (κ1) is 20.2. The summed E-state index contributed by atoms with van der Waals surface area (Å²) >= 11 is 0.